The molecule has 0 amide bonds. The van der Waals surface area contributed by atoms with Crippen LogP contribution in [0.15, 0.2) is 29.3 Å². The zero-order valence-corrected chi connectivity index (χ0v) is 15.2. The number of hydrogen-bond acceptors (Lipinski definition) is 2. The minimum Gasteiger partial charge on any atom is -0.333 e. The predicted octanol–water partition coefficient (Wildman–Crippen LogP) is 5.43. The minimum absolute atomic E-state index is 0. The van der Waals surface area contributed by atoms with Crippen molar-refractivity contribution in [2.45, 2.75) is 67.2 Å². The standard InChI is InChI=1S/C15H23N.C4H6.CH5N.CH4/c1-4-7-15(16-5-2)11-10-14-9-6-8-13(3)12-14;1-3-4-2;1-2;/h6,8-9,12H,4-5,7,10-11H2,1-3H3;1H,4H2,2H3;2H2,1H3;1H4. The van der Waals surface area contributed by atoms with Gasteiger partial charge in [0.05, 0.1) is 0 Å². The molecule has 0 unspecified atom stereocenters. The summed E-state index contributed by atoms with van der Waals surface area (Å²) in [6.45, 7) is 9.35. The first-order chi connectivity index (χ1) is 10.7. The first-order valence-electron chi connectivity index (χ1n) is 8.26. The second-order valence-electron chi connectivity index (χ2n) is 4.84. The molecule has 1 aromatic carbocycles. The fourth-order valence-corrected chi connectivity index (χ4v) is 1.95. The van der Waals surface area contributed by atoms with E-state index in [1.54, 1.807) is 0 Å². The third-order valence-electron chi connectivity index (χ3n) is 2.91. The van der Waals surface area contributed by atoms with E-state index >= 15 is 0 Å². The average molecular weight is 319 g/mol. The molecule has 0 bridgehead atoms. The van der Waals surface area contributed by atoms with Gasteiger partial charge in [-0.25, -0.2) is 0 Å². The highest BCUT2D eigenvalue weighted by Crippen LogP contribution is 2.09. The van der Waals surface area contributed by atoms with Gasteiger partial charge in [0.1, 0.15) is 0 Å². The highest BCUT2D eigenvalue weighted by molar-refractivity contribution is 5.84. The highest BCUT2D eigenvalue weighted by Gasteiger charge is 1.99. The number of benzene rings is 1. The Balaban J connectivity index is -0.000000498. The summed E-state index contributed by atoms with van der Waals surface area (Å²) in [5, 5.41) is 0. The molecule has 0 radical (unpaired) electrons. The van der Waals surface area contributed by atoms with Crippen molar-refractivity contribution < 1.29 is 0 Å². The summed E-state index contributed by atoms with van der Waals surface area (Å²) in [5.41, 5.74) is 8.66. The molecule has 0 aliphatic carbocycles. The lowest BCUT2D eigenvalue weighted by Crippen LogP contribution is -2.01. The predicted molar refractivity (Wildman–Crippen MR) is 108 cm³/mol. The van der Waals surface area contributed by atoms with E-state index in [-0.39, 0.29) is 7.43 Å². The fraction of sp³-hybridized carbons (Fsp3) is 0.571. The molecule has 0 fully saturated rings. The van der Waals surface area contributed by atoms with Crippen molar-refractivity contribution in [3.8, 4) is 12.3 Å². The molecule has 0 saturated heterocycles. The van der Waals surface area contributed by atoms with Crippen LogP contribution in [0.25, 0.3) is 0 Å². The second-order valence-corrected chi connectivity index (χ2v) is 4.84. The Kier molecular flexibility index (Phi) is 23.4. The number of terminal acetylenes is 1. The van der Waals surface area contributed by atoms with Crippen molar-refractivity contribution in [1.29, 1.82) is 0 Å². The molecule has 0 spiro atoms. The summed E-state index contributed by atoms with van der Waals surface area (Å²) in [6.07, 6.45) is 10.2. The lowest BCUT2D eigenvalue weighted by Gasteiger charge is -2.06. The zero-order chi connectivity index (χ0) is 17.2. The Hall–Kier alpha value is -1.59. The van der Waals surface area contributed by atoms with E-state index in [1.165, 1.54) is 30.3 Å². The number of nitrogens with two attached hydrogens (primary N) is 1. The van der Waals surface area contributed by atoms with Gasteiger partial charge in [0.15, 0.2) is 0 Å². The van der Waals surface area contributed by atoms with Crippen LogP contribution >= 0.6 is 0 Å². The van der Waals surface area contributed by atoms with E-state index in [9.17, 15) is 0 Å². The van der Waals surface area contributed by atoms with Gasteiger partial charge < -0.3 is 5.73 Å². The van der Waals surface area contributed by atoms with Crippen LogP contribution in [0.1, 0.15) is 65.0 Å². The fourth-order valence-electron chi connectivity index (χ4n) is 1.95. The monoisotopic (exact) mass is 318 g/mol. The van der Waals surface area contributed by atoms with E-state index < -0.39 is 0 Å². The highest BCUT2D eigenvalue weighted by atomic mass is 14.7. The largest absolute Gasteiger partial charge is 0.333 e. The van der Waals surface area contributed by atoms with Gasteiger partial charge in [0, 0.05) is 18.7 Å². The molecule has 0 aliphatic heterocycles. The Morgan fingerprint density at radius 2 is 1.78 bits per heavy atom. The molecule has 0 heterocycles. The van der Waals surface area contributed by atoms with Gasteiger partial charge in [-0.1, -0.05) is 57.5 Å². The summed E-state index contributed by atoms with van der Waals surface area (Å²) in [5.74, 6) is 2.43. The molecule has 1 aromatic rings. The molecule has 23 heavy (non-hydrogen) atoms. The Labute approximate surface area is 145 Å². The molecule has 0 aromatic heterocycles. The number of aliphatic imine (C=N–C) groups is 1. The number of rotatable bonds is 6. The number of aryl methyl sites for hydroxylation is 2. The van der Waals surface area contributed by atoms with Gasteiger partial charge in [-0.15, -0.1) is 12.3 Å². The van der Waals surface area contributed by atoms with E-state index in [1.807, 2.05) is 6.92 Å². The third-order valence-corrected chi connectivity index (χ3v) is 2.91. The van der Waals surface area contributed by atoms with Crippen molar-refractivity contribution in [2.24, 2.45) is 10.7 Å². The van der Waals surface area contributed by atoms with E-state index in [4.69, 9.17) is 6.42 Å². The van der Waals surface area contributed by atoms with Crippen molar-refractivity contribution in [1.82, 2.24) is 0 Å². The summed E-state index contributed by atoms with van der Waals surface area (Å²) in [6, 6.07) is 8.77. The van der Waals surface area contributed by atoms with Crippen LogP contribution in [0, 0.1) is 19.3 Å². The Bertz CT molecular complexity index is 428. The molecule has 1 rings (SSSR count). The minimum atomic E-state index is 0. The van der Waals surface area contributed by atoms with Gasteiger partial charge in [-0.05, 0) is 45.7 Å². The maximum absolute atomic E-state index is 4.78. The molecule has 0 atom stereocenters. The van der Waals surface area contributed by atoms with Gasteiger partial charge in [-0.2, -0.15) is 0 Å². The van der Waals surface area contributed by atoms with Crippen LogP contribution in [0.4, 0.5) is 0 Å². The van der Waals surface area contributed by atoms with Crippen molar-refractivity contribution in [2.75, 3.05) is 13.6 Å². The third kappa shape index (κ3) is 16.6. The van der Waals surface area contributed by atoms with Crippen LogP contribution in [-0.4, -0.2) is 19.3 Å². The average Bonchev–Trinajstić information content (AvgIpc) is 2.55. The van der Waals surface area contributed by atoms with Crippen LogP contribution in [-0.2, 0) is 6.42 Å². The van der Waals surface area contributed by atoms with Gasteiger partial charge >= 0.3 is 0 Å². The summed E-state index contributed by atoms with van der Waals surface area (Å²) < 4.78 is 0. The van der Waals surface area contributed by atoms with E-state index in [0.717, 1.165) is 32.2 Å². The van der Waals surface area contributed by atoms with Crippen LogP contribution in [0.5, 0.6) is 0 Å². The topological polar surface area (TPSA) is 38.4 Å². The second kappa shape index (κ2) is 20.4. The maximum Gasteiger partial charge on any atom is 0.0360 e. The van der Waals surface area contributed by atoms with Gasteiger partial charge in [-0.3, -0.25) is 4.99 Å². The molecule has 0 aliphatic rings. The van der Waals surface area contributed by atoms with Crippen molar-refractivity contribution in [3.05, 3.63) is 35.4 Å². The van der Waals surface area contributed by atoms with Gasteiger partial charge in [0.2, 0.25) is 0 Å². The van der Waals surface area contributed by atoms with Crippen LogP contribution in [0.2, 0.25) is 0 Å². The summed E-state index contributed by atoms with van der Waals surface area (Å²) in [7, 11) is 1.50. The number of nitrogens with zero attached hydrogens (tertiary/aromatic N) is 1. The molecular formula is C21H38N2. The first-order valence-corrected chi connectivity index (χ1v) is 8.26. The van der Waals surface area contributed by atoms with Crippen LogP contribution < -0.4 is 5.73 Å². The molecule has 2 heteroatoms. The smallest absolute Gasteiger partial charge is 0.0360 e. The molecule has 132 valence electrons. The SMILES string of the molecule is C.C#CCC.CCCC(CCc1cccc(C)c1)=NCC.CN. The van der Waals surface area contributed by atoms with E-state index in [0.29, 0.717) is 0 Å². The summed E-state index contributed by atoms with van der Waals surface area (Å²) in [4.78, 5) is 4.57. The number of hydrogen-bond donors (Lipinski definition) is 1. The molecule has 0 saturated carbocycles. The molecule has 2 nitrogen and oxygen atoms in total. The Morgan fingerprint density at radius 3 is 2.22 bits per heavy atom. The molecular weight excluding hydrogens is 280 g/mol. The molecule has 2 N–H and O–H groups in total. The lowest BCUT2D eigenvalue weighted by atomic mass is 10.0. The van der Waals surface area contributed by atoms with Crippen LogP contribution in [0.3, 0.4) is 0 Å². The van der Waals surface area contributed by atoms with Crippen molar-refractivity contribution >= 4 is 5.71 Å². The summed E-state index contributed by atoms with van der Waals surface area (Å²) >= 11 is 0. The lowest BCUT2D eigenvalue weighted by molar-refractivity contribution is 0.914. The Morgan fingerprint density at radius 1 is 1.17 bits per heavy atom. The quantitative estimate of drug-likeness (QED) is 0.551. The maximum atomic E-state index is 4.78. The van der Waals surface area contributed by atoms with E-state index in [2.05, 4.69) is 61.7 Å². The van der Waals surface area contributed by atoms with Gasteiger partial charge in [0.25, 0.3) is 0 Å². The normalized spacial score (nSPS) is 9.35. The van der Waals surface area contributed by atoms with Crippen molar-refractivity contribution in [3.63, 3.8) is 0 Å². The zero-order valence-electron chi connectivity index (χ0n) is 15.2. The first kappa shape index (κ1) is 26.3.